The fourth-order valence-electron chi connectivity index (χ4n) is 1.66. The van der Waals surface area contributed by atoms with Crippen LogP contribution in [0.3, 0.4) is 0 Å². The number of hydrogen-bond acceptors (Lipinski definition) is 4. The van der Waals surface area contributed by atoms with E-state index in [0.29, 0.717) is 5.75 Å². The Bertz CT molecular complexity index is 559. The maximum atomic E-state index is 5.29. The van der Waals surface area contributed by atoms with Crippen molar-refractivity contribution < 1.29 is 9.47 Å². The van der Waals surface area contributed by atoms with E-state index < -0.39 is 0 Å². The lowest BCUT2D eigenvalue weighted by Gasteiger charge is -2.06. The van der Waals surface area contributed by atoms with Crippen molar-refractivity contribution in [1.29, 1.82) is 0 Å². The molecule has 0 amide bonds. The number of hydrogen-bond donors (Lipinski definition) is 0. The summed E-state index contributed by atoms with van der Waals surface area (Å²) in [5.41, 5.74) is 1.96. The third-order valence-electron chi connectivity index (χ3n) is 2.69. The molecule has 4 nitrogen and oxygen atoms in total. The molecule has 20 heavy (non-hydrogen) atoms. The quantitative estimate of drug-likeness (QED) is 0.793. The van der Waals surface area contributed by atoms with Gasteiger partial charge < -0.3 is 9.47 Å². The Morgan fingerprint density at radius 2 is 1.85 bits per heavy atom. The van der Waals surface area contributed by atoms with Crippen molar-refractivity contribution in [3.05, 3.63) is 48.3 Å². The molecule has 1 aromatic carbocycles. The molecule has 0 N–H and O–H groups in total. The second-order valence-corrected chi connectivity index (χ2v) is 3.91. The standard InChI is InChI=1S/C15H16N2O2.ClH/c1-18-13-3-4-14(15(11-13)19-2)17-10-7-12-5-8-16-9-6-12;/h3-6,8-11H,7H2,1-2H3;1H. The highest BCUT2D eigenvalue weighted by molar-refractivity contribution is 5.85. The van der Waals surface area contributed by atoms with E-state index >= 15 is 0 Å². The molecule has 0 aliphatic carbocycles. The predicted octanol–water partition coefficient (Wildman–Crippen LogP) is 3.47. The normalized spacial score (nSPS) is 10.1. The van der Waals surface area contributed by atoms with Gasteiger partial charge in [0.25, 0.3) is 0 Å². The second-order valence-electron chi connectivity index (χ2n) is 3.91. The van der Waals surface area contributed by atoms with Gasteiger partial charge in [-0.2, -0.15) is 0 Å². The van der Waals surface area contributed by atoms with Crippen molar-refractivity contribution in [2.75, 3.05) is 14.2 Å². The van der Waals surface area contributed by atoms with Crippen LogP contribution in [0.5, 0.6) is 11.5 Å². The molecule has 0 radical (unpaired) electrons. The van der Waals surface area contributed by atoms with Crippen molar-refractivity contribution >= 4 is 24.3 Å². The molecule has 106 valence electrons. The summed E-state index contributed by atoms with van der Waals surface area (Å²) in [7, 11) is 3.25. The van der Waals surface area contributed by atoms with E-state index in [1.54, 1.807) is 26.6 Å². The van der Waals surface area contributed by atoms with Crippen LogP contribution in [-0.4, -0.2) is 25.4 Å². The number of ether oxygens (including phenoxy) is 2. The predicted molar refractivity (Wildman–Crippen MR) is 82.9 cm³/mol. The number of methoxy groups -OCH3 is 2. The van der Waals surface area contributed by atoms with Crippen LogP contribution in [0.4, 0.5) is 5.69 Å². The van der Waals surface area contributed by atoms with Gasteiger partial charge in [-0.05, 0) is 29.8 Å². The molecule has 2 rings (SSSR count). The molecule has 0 atom stereocenters. The second kappa shape index (κ2) is 8.17. The first-order chi connectivity index (χ1) is 9.33. The number of pyridine rings is 1. The monoisotopic (exact) mass is 292 g/mol. The van der Waals surface area contributed by atoms with Crippen molar-refractivity contribution in [3.63, 3.8) is 0 Å². The minimum absolute atomic E-state index is 0. The SMILES string of the molecule is COc1ccc(N=CCc2ccncc2)c(OC)c1.Cl. The zero-order valence-electron chi connectivity index (χ0n) is 11.4. The number of benzene rings is 1. The molecule has 1 aromatic heterocycles. The Morgan fingerprint density at radius 3 is 2.50 bits per heavy atom. The summed E-state index contributed by atoms with van der Waals surface area (Å²) < 4.78 is 10.4. The molecule has 0 spiro atoms. The molecular weight excluding hydrogens is 276 g/mol. The molecule has 0 aliphatic heterocycles. The van der Waals surface area contributed by atoms with Crippen LogP contribution in [0.2, 0.25) is 0 Å². The summed E-state index contributed by atoms with van der Waals surface area (Å²) in [5.74, 6) is 1.45. The van der Waals surface area contributed by atoms with Gasteiger partial charge in [0.15, 0.2) is 0 Å². The van der Waals surface area contributed by atoms with Gasteiger partial charge >= 0.3 is 0 Å². The Balaban J connectivity index is 0.00000200. The van der Waals surface area contributed by atoms with E-state index in [4.69, 9.17) is 9.47 Å². The fourth-order valence-corrected chi connectivity index (χ4v) is 1.66. The van der Waals surface area contributed by atoms with Crippen LogP contribution in [0.25, 0.3) is 0 Å². The maximum absolute atomic E-state index is 5.29. The highest BCUT2D eigenvalue weighted by atomic mass is 35.5. The minimum atomic E-state index is 0. The van der Waals surface area contributed by atoms with Gasteiger partial charge in [-0.15, -0.1) is 12.4 Å². The average Bonchev–Trinajstić information content (AvgIpc) is 2.48. The van der Waals surface area contributed by atoms with Crippen LogP contribution >= 0.6 is 12.4 Å². The van der Waals surface area contributed by atoms with E-state index in [1.165, 1.54) is 5.56 Å². The van der Waals surface area contributed by atoms with Crippen molar-refractivity contribution in [1.82, 2.24) is 4.98 Å². The van der Waals surface area contributed by atoms with E-state index in [1.807, 2.05) is 36.5 Å². The van der Waals surface area contributed by atoms with E-state index in [2.05, 4.69) is 9.98 Å². The van der Waals surface area contributed by atoms with Gasteiger partial charge in [0.1, 0.15) is 17.2 Å². The number of halogens is 1. The largest absolute Gasteiger partial charge is 0.497 e. The molecule has 2 aromatic rings. The summed E-state index contributed by atoms with van der Waals surface area (Å²) in [6, 6.07) is 9.50. The van der Waals surface area contributed by atoms with Crippen molar-refractivity contribution in [3.8, 4) is 11.5 Å². The number of nitrogens with zero attached hydrogens (tertiary/aromatic N) is 2. The van der Waals surface area contributed by atoms with Gasteiger partial charge in [-0.1, -0.05) is 0 Å². The van der Waals surface area contributed by atoms with Gasteiger partial charge in [-0.25, -0.2) is 0 Å². The molecule has 1 heterocycles. The van der Waals surface area contributed by atoms with Gasteiger partial charge in [0.05, 0.1) is 14.2 Å². The maximum Gasteiger partial charge on any atom is 0.148 e. The van der Waals surface area contributed by atoms with Crippen LogP contribution < -0.4 is 9.47 Å². The Hall–Kier alpha value is -2.07. The molecule has 0 bridgehead atoms. The average molecular weight is 293 g/mol. The lowest BCUT2D eigenvalue weighted by Crippen LogP contribution is -1.89. The highest BCUT2D eigenvalue weighted by Crippen LogP contribution is 2.31. The first-order valence-corrected chi connectivity index (χ1v) is 5.97. The van der Waals surface area contributed by atoms with E-state index in [9.17, 15) is 0 Å². The first-order valence-electron chi connectivity index (χ1n) is 5.97. The Kier molecular flexibility index (Phi) is 6.53. The first kappa shape index (κ1) is 16.0. The van der Waals surface area contributed by atoms with Gasteiger partial charge in [0.2, 0.25) is 0 Å². The summed E-state index contributed by atoms with van der Waals surface area (Å²) in [6.07, 6.45) is 6.17. The van der Waals surface area contributed by atoms with Crippen LogP contribution in [0.15, 0.2) is 47.7 Å². The third-order valence-corrected chi connectivity index (χ3v) is 2.69. The molecule has 0 unspecified atom stereocenters. The van der Waals surface area contributed by atoms with E-state index in [-0.39, 0.29) is 12.4 Å². The zero-order chi connectivity index (χ0) is 13.5. The lowest BCUT2D eigenvalue weighted by molar-refractivity contribution is 0.395. The Morgan fingerprint density at radius 1 is 1.10 bits per heavy atom. The van der Waals surface area contributed by atoms with Crippen LogP contribution in [0.1, 0.15) is 5.56 Å². The van der Waals surface area contributed by atoms with Crippen LogP contribution in [-0.2, 0) is 6.42 Å². The molecule has 0 saturated carbocycles. The fraction of sp³-hybridized carbons (Fsp3) is 0.200. The van der Waals surface area contributed by atoms with Gasteiger partial charge in [0, 0.05) is 31.1 Å². The van der Waals surface area contributed by atoms with E-state index in [0.717, 1.165) is 17.9 Å². The van der Waals surface area contributed by atoms with Crippen LogP contribution in [0, 0.1) is 0 Å². The van der Waals surface area contributed by atoms with Crippen molar-refractivity contribution in [2.24, 2.45) is 4.99 Å². The Labute approximate surface area is 124 Å². The van der Waals surface area contributed by atoms with Crippen molar-refractivity contribution in [2.45, 2.75) is 6.42 Å². The highest BCUT2D eigenvalue weighted by Gasteiger charge is 2.02. The minimum Gasteiger partial charge on any atom is -0.497 e. The summed E-state index contributed by atoms with van der Waals surface area (Å²) in [5, 5.41) is 0. The number of aliphatic imine (C=N–C) groups is 1. The number of rotatable bonds is 5. The lowest BCUT2D eigenvalue weighted by atomic mass is 10.2. The van der Waals surface area contributed by atoms with Gasteiger partial charge in [-0.3, -0.25) is 9.98 Å². The number of aromatic nitrogens is 1. The topological polar surface area (TPSA) is 43.7 Å². The molecule has 0 saturated heterocycles. The molecule has 0 aliphatic rings. The summed E-state index contributed by atoms with van der Waals surface area (Å²) in [4.78, 5) is 8.40. The molecule has 5 heteroatoms. The smallest absolute Gasteiger partial charge is 0.148 e. The summed E-state index contributed by atoms with van der Waals surface area (Å²) in [6.45, 7) is 0. The third kappa shape index (κ3) is 4.24. The zero-order valence-corrected chi connectivity index (χ0v) is 12.3. The molecular formula is C15H17ClN2O2. The summed E-state index contributed by atoms with van der Waals surface area (Å²) >= 11 is 0. The molecule has 0 fully saturated rings.